The molecule has 14 heavy (non-hydrogen) atoms. The Balaban J connectivity index is 2.76. The Morgan fingerprint density at radius 2 is 2.14 bits per heavy atom. The average molecular weight is 272 g/mol. The first-order valence-electron chi connectivity index (χ1n) is 3.92. The highest BCUT2D eigenvalue weighted by atomic mass is 79.9. The summed E-state index contributed by atoms with van der Waals surface area (Å²) in [6.07, 6.45) is 0. The molecule has 0 fully saturated rings. The monoisotopic (exact) mass is 271 g/mol. The number of nitrogens with zero attached hydrogens (tertiary/aromatic N) is 1. The maximum Gasteiger partial charge on any atom is 0.325 e. The number of fused-ring (bicyclic) bond motifs is 1. The van der Waals surface area contributed by atoms with Crippen molar-refractivity contribution in [2.75, 3.05) is 0 Å². The molecule has 0 aliphatic carbocycles. The van der Waals surface area contributed by atoms with E-state index in [1.165, 1.54) is 11.3 Å². The van der Waals surface area contributed by atoms with E-state index in [0.717, 1.165) is 20.1 Å². The molecule has 3 nitrogen and oxygen atoms in total. The fourth-order valence-electron chi connectivity index (χ4n) is 1.30. The van der Waals surface area contributed by atoms with Gasteiger partial charge in [-0.1, -0.05) is 27.3 Å². The number of nitro groups is 1. The summed E-state index contributed by atoms with van der Waals surface area (Å²) in [5.41, 5.74) is 1.10. The van der Waals surface area contributed by atoms with Crippen LogP contribution in [0, 0.1) is 17.0 Å². The first-order chi connectivity index (χ1) is 6.58. The van der Waals surface area contributed by atoms with Crippen LogP contribution in [0.2, 0.25) is 0 Å². The van der Waals surface area contributed by atoms with Crippen LogP contribution in [-0.2, 0) is 0 Å². The van der Waals surface area contributed by atoms with Gasteiger partial charge in [0.2, 0.25) is 0 Å². The van der Waals surface area contributed by atoms with E-state index in [9.17, 15) is 10.1 Å². The fraction of sp³-hybridized carbons (Fsp3) is 0.111. The number of thiophene rings is 1. The van der Waals surface area contributed by atoms with Crippen LogP contribution in [0.15, 0.2) is 22.7 Å². The van der Waals surface area contributed by atoms with Crippen molar-refractivity contribution in [3.63, 3.8) is 0 Å². The SMILES string of the molecule is Cc1cc(Br)c2cc([N+](=O)[O-])sc2c1. The molecule has 0 saturated heterocycles. The van der Waals surface area contributed by atoms with Crippen molar-refractivity contribution in [2.45, 2.75) is 6.92 Å². The second kappa shape index (κ2) is 3.33. The van der Waals surface area contributed by atoms with Crippen molar-refractivity contribution in [3.05, 3.63) is 38.3 Å². The first kappa shape index (κ1) is 9.61. The minimum absolute atomic E-state index is 0.186. The normalized spacial score (nSPS) is 10.7. The predicted molar refractivity (Wildman–Crippen MR) is 60.9 cm³/mol. The lowest BCUT2D eigenvalue weighted by molar-refractivity contribution is -0.380. The topological polar surface area (TPSA) is 43.1 Å². The van der Waals surface area contributed by atoms with E-state index in [0.29, 0.717) is 0 Å². The third-order valence-electron chi connectivity index (χ3n) is 1.90. The van der Waals surface area contributed by atoms with Crippen molar-refractivity contribution < 1.29 is 4.92 Å². The largest absolute Gasteiger partial charge is 0.325 e. The van der Waals surface area contributed by atoms with Crippen LogP contribution in [-0.4, -0.2) is 4.92 Å². The molecule has 0 aliphatic heterocycles. The summed E-state index contributed by atoms with van der Waals surface area (Å²) < 4.78 is 1.86. The molecule has 0 unspecified atom stereocenters. The molecular weight excluding hydrogens is 266 g/mol. The van der Waals surface area contributed by atoms with Crippen LogP contribution in [0.1, 0.15) is 5.56 Å². The van der Waals surface area contributed by atoms with Crippen LogP contribution in [0.4, 0.5) is 5.00 Å². The maximum absolute atomic E-state index is 10.6. The number of hydrogen-bond acceptors (Lipinski definition) is 3. The number of aryl methyl sites for hydroxylation is 1. The van der Waals surface area contributed by atoms with Crippen molar-refractivity contribution in [3.8, 4) is 0 Å². The standard InChI is InChI=1S/C9H6BrNO2S/c1-5-2-7(10)6-4-9(11(12)13)14-8(6)3-5/h2-4H,1H3. The minimum Gasteiger partial charge on any atom is -0.258 e. The Kier molecular flexibility index (Phi) is 2.28. The lowest BCUT2D eigenvalue weighted by Crippen LogP contribution is -1.80. The van der Waals surface area contributed by atoms with Gasteiger partial charge >= 0.3 is 5.00 Å². The summed E-state index contributed by atoms with van der Waals surface area (Å²) >= 11 is 4.60. The van der Waals surface area contributed by atoms with Crippen LogP contribution in [0.5, 0.6) is 0 Å². The van der Waals surface area contributed by atoms with Gasteiger partial charge in [-0.15, -0.1) is 0 Å². The average Bonchev–Trinajstić information content (AvgIpc) is 2.47. The fourth-order valence-corrected chi connectivity index (χ4v) is 3.12. The van der Waals surface area contributed by atoms with E-state index in [2.05, 4.69) is 15.9 Å². The van der Waals surface area contributed by atoms with E-state index < -0.39 is 0 Å². The van der Waals surface area contributed by atoms with E-state index >= 15 is 0 Å². The summed E-state index contributed by atoms with van der Waals surface area (Å²) in [5, 5.41) is 11.7. The number of halogens is 1. The first-order valence-corrected chi connectivity index (χ1v) is 5.53. The Labute approximate surface area is 92.6 Å². The summed E-state index contributed by atoms with van der Waals surface area (Å²) in [7, 11) is 0. The predicted octanol–water partition coefficient (Wildman–Crippen LogP) is 3.88. The number of benzene rings is 1. The van der Waals surface area contributed by atoms with Crippen LogP contribution >= 0.6 is 27.3 Å². The molecule has 72 valence electrons. The molecule has 1 heterocycles. The quantitative estimate of drug-likeness (QED) is 0.584. The molecule has 0 saturated carbocycles. The zero-order valence-electron chi connectivity index (χ0n) is 7.28. The second-order valence-corrected chi connectivity index (χ2v) is 4.92. The van der Waals surface area contributed by atoms with Gasteiger partial charge in [0, 0.05) is 20.6 Å². The van der Waals surface area contributed by atoms with Gasteiger partial charge in [-0.05, 0) is 24.6 Å². The Hall–Kier alpha value is -0.940. The number of hydrogen-bond donors (Lipinski definition) is 0. The van der Waals surface area contributed by atoms with Crippen LogP contribution < -0.4 is 0 Å². The maximum atomic E-state index is 10.6. The second-order valence-electron chi connectivity index (χ2n) is 3.00. The van der Waals surface area contributed by atoms with Crippen LogP contribution in [0.25, 0.3) is 10.1 Å². The van der Waals surface area contributed by atoms with Gasteiger partial charge in [-0.25, -0.2) is 0 Å². The van der Waals surface area contributed by atoms with Gasteiger partial charge in [0.15, 0.2) is 0 Å². The van der Waals surface area contributed by atoms with E-state index in [4.69, 9.17) is 0 Å². The molecule has 0 bridgehead atoms. The molecule has 0 atom stereocenters. The Morgan fingerprint density at radius 3 is 2.79 bits per heavy atom. The van der Waals surface area contributed by atoms with E-state index in [1.807, 2.05) is 19.1 Å². The van der Waals surface area contributed by atoms with Crippen molar-refractivity contribution in [2.24, 2.45) is 0 Å². The van der Waals surface area contributed by atoms with E-state index in [-0.39, 0.29) is 9.92 Å². The van der Waals surface area contributed by atoms with Crippen molar-refractivity contribution in [1.82, 2.24) is 0 Å². The highest BCUT2D eigenvalue weighted by molar-refractivity contribution is 9.10. The molecule has 0 radical (unpaired) electrons. The molecular formula is C9H6BrNO2S. The molecule has 0 aliphatic rings. The molecule has 5 heteroatoms. The van der Waals surface area contributed by atoms with Gasteiger partial charge in [-0.2, -0.15) is 0 Å². The summed E-state index contributed by atoms with van der Waals surface area (Å²) in [5.74, 6) is 0. The van der Waals surface area contributed by atoms with Gasteiger partial charge in [0.25, 0.3) is 0 Å². The van der Waals surface area contributed by atoms with Gasteiger partial charge in [-0.3, -0.25) is 10.1 Å². The summed E-state index contributed by atoms with van der Waals surface area (Å²) in [4.78, 5) is 10.2. The third kappa shape index (κ3) is 1.53. The molecule has 2 aromatic rings. The lowest BCUT2D eigenvalue weighted by atomic mass is 10.2. The highest BCUT2D eigenvalue weighted by Gasteiger charge is 2.13. The van der Waals surface area contributed by atoms with Gasteiger partial charge in [0.1, 0.15) is 0 Å². The Morgan fingerprint density at radius 1 is 1.43 bits per heavy atom. The molecule has 1 aromatic heterocycles. The minimum atomic E-state index is -0.355. The molecule has 0 spiro atoms. The third-order valence-corrected chi connectivity index (χ3v) is 3.59. The molecule has 0 amide bonds. The van der Waals surface area contributed by atoms with Crippen molar-refractivity contribution >= 4 is 42.4 Å². The molecule has 1 aromatic carbocycles. The van der Waals surface area contributed by atoms with Crippen molar-refractivity contribution in [1.29, 1.82) is 0 Å². The summed E-state index contributed by atoms with van der Waals surface area (Å²) in [6, 6.07) is 5.51. The zero-order chi connectivity index (χ0) is 10.3. The smallest absolute Gasteiger partial charge is 0.258 e. The lowest BCUT2D eigenvalue weighted by Gasteiger charge is -1.95. The van der Waals surface area contributed by atoms with Gasteiger partial charge in [0.05, 0.1) is 4.92 Å². The summed E-state index contributed by atoms with van der Waals surface area (Å²) in [6.45, 7) is 1.97. The molecule has 2 rings (SSSR count). The van der Waals surface area contributed by atoms with Gasteiger partial charge < -0.3 is 0 Å². The molecule has 0 N–H and O–H groups in total. The zero-order valence-corrected chi connectivity index (χ0v) is 9.68. The number of rotatable bonds is 1. The van der Waals surface area contributed by atoms with E-state index in [1.54, 1.807) is 6.07 Å². The van der Waals surface area contributed by atoms with Crippen LogP contribution in [0.3, 0.4) is 0 Å². The highest BCUT2D eigenvalue weighted by Crippen LogP contribution is 2.36. The Bertz CT molecular complexity index is 521.